The molecule has 0 spiro atoms. The van der Waals surface area contributed by atoms with Crippen molar-refractivity contribution in [3.8, 4) is 0 Å². The van der Waals surface area contributed by atoms with Gasteiger partial charge in [-0.25, -0.2) is 4.98 Å². The minimum atomic E-state index is 0.0399. The van der Waals surface area contributed by atoms with Gasteiger partial charge in [0.15, 0.2) is 5.13 Å². The van der Waals surface area contributed by atoms with E-state index >= 15 is 0 Å². The second-order valence-electron chi connectivity index (χ2n) is 5.63. The van der Waals surface area contributed by atoms with Crippen molar-refractivity contribution in [1.82, 2.24) is 9.88 Å². The number of hydrogen-bond acceptors (Lipinski definition) is 4. The number of carbonyl (C=O) groups is 1. The molecule has 1 aromatic heterocycles. The van der Waals surface area contributed by atoms with Gasteiger partial charge in [-0.05, 0) is 44.1 Å². The zero-order valence-corrected chi connectivity index (χ0v) is 14.5. The normalized spacial score (nSPS) is 11.3. The number of carbonyl (C=O) groups excluding carboxylic acids is 1. The molecule has 0 saturated heterocycles. The van der Waals surface area contributed by atoms with Crippen molar-refractivity contribution < 1.29 is 4.79 Å². The average Bonchev–Trinajstić information content (AvgIpc) is 2.91. The Bertz CT molecular complexity index is 623. The third-order valence-corrected chi connectivity index (χ3v) is 4.66. The van der Waals surface area contributed by atoms with Crippen molar-refractivity contribution in [2.45, 2.75) is 39.5 Å². The van der Waals surface area contributed by atoms with E-state index in [4.69, 9.17) is 0 Å². The lowest BCUT2D eigenvalue weighted by Gasteiger charge is -2.15. The molecule has 1 amide bonds. The predicted molar refractivity (Wildman–Crippen MR) is 94.6 cm³/mol. The van der Waals surface area contributed by atoms with Crippen LogP contribution in [0.3, 0.4) is 0 Å². The summed E-state index contributed by atoms with van der Waals surface area (Å²) in [6.45, 7) is 6.15. The summed E-state index contributed by atoms with van der Waals surface area (Å²) in [7, 11) is 2.06. The number of aromatic nitrogens is 1. The van der Waals surface area contributed by atoms with E-state index in [9.17, 15) is 4.79 Å². The number of thiazole rings is 1. The Kier molecular flexibility index (Phi) is 6.34. The summed E-state index contributed by atoms with van der Waals surface area (Å²) in [5.41, 5.74) is 2.25. The second-order valence-corrected chi connectivity index (χ2v) is 6.66. The van der Waals surface area contributed by atoms with Crippen LogP contribution in [0, 0.1) is 0 Å². The summed E-state index contributed by atoms with van der Waals surface area (Å²) < 4.78 is 1.13. The van der Waals surface area contributed by atoms with Gasteiger partial charge in [0.1, 0.15) is 0 Å². The Hall–Kier alpha value is -1.46. The molecule has 0 radical (unpaired) electrons. The molecular formula is C17H25N3OS. The second kappa shape index (κ2) is 8.25. The van der Waals surface area contributed by atoms with Crippen molar-refractivity contribution >= 4 is 32.6 Å². The first kappa shape index (κ1) is 16.9. The zero-order valence-electron chi connectivity index (χ0n) is 13.7. The number of hydrogen-bond donors (Lipinski definition) is 1. The Morgan fingerprint density at radius 1 is 1.32 bits per heavy atom. The molecular weight excluding hydrogens is 294 g/mol. The van der Waals surface area contributed by atoms with E-state index in [-0.39, 0.29) is 5.91 Å². The van der Waals surface area contributed by atoms with E-state index in [1.807, 2.05) is 6.07 Å². The molecule has 1 N–H and O–H groups in total. The van der Waals surface area contributed by atoms with Gasteiger partial charge in [0.05, 0.1) is 10.2 Å². The summed E-state index contributed by atoms with van der Waals surface area (Å²) in [5.74, 6) is 0.0399. The van der Waals surface area contributed by atoms with E-state index in [0.29, 0.717) is 11.6 Å². The highest BCUT2D eigenvalue weighted by atomic mass is 32.1. The molecule has 2 rings (SSSR count). The molecule has 0 saturated carbocycles. The molecule has 2 aromatic rings. The maximum atomic E-state index is 12.0. The number of anilines is 1. The number of rotatable bonds is 8. The van der Waals surface area contributed by atoms with E-state index in [2.05, 4.69) is 48.2 Å². The smallest absolute Gasteiger partial charge is 0.227 e. The van der Waals surface area contributed by atoms with E-state index in [1.54, 1.807) is 11.3 Å². The standard InChI is InChI=1S/C17H25N3OS/c1-4-6-10-20(3)11-9-16(21)19-17-18-14-8-7-13(5-2)12-15(14)22-17/h7-8,12H,4-6,9-11H2,1-3H3,(H,18,19,21). The summed E-state index contributed by atoms with van der Waals surface area (Å²) in [6.07, 6.45) is 3.88. The van der Waals surface area contributed by atoms with E-state index in [1.165, 1.54) is 18.4 Å². The lowest BCUT2D eigenvalue weighted by Crippen LogP contribution is -2.25. The van der Waals surface area contributed by atoms with E-state index in [0.717, 1.165) is 29.7 Å². The van der Waals surface area contributed by atoms with Crippen LogP contribution in [0.4, 0.5) is 5.13 Å². The molecule has 5 heteroatoms. The molecule has 1 heterocycles. The molecule has 22 heavy (non-hydrogen) atoms. The van der Waals surface area contributed by atoms with Crippen molar-refractivity contribution in [1.29, 1.82) is 0 Å². The molecule has 0 fully saturated rings. The highest BCUT2D eigenvalue weighted by molar-refractivity contribution is 7.22. The highest BCUT2D eigenvalue weighted by Gasteiger charge is 2.09. The van der Waals surface area contributed by atoms with Crippen molar-refractivity contribution in [2.24, 2.45) is 0 Å². The fraction of sp³-hybridized carbons (Fsp3) is 0.529. The van der Waals surface area contributed by atoms with Crippen LogP contribution in [-0.4, -0.2) is 35.9 Å². The third-order valence-electron chi connectivity index (χ3n) is 3.72. The van der Waals surface area contributed by atoms with Crippen LogP contribution in [0.15, 0.2) is 18.2 Å². The van der Waals surface area contributed by atoms with Crippen molar-refractivity contribution in [2.75, 3.05) is 25.5 Å². The molecule has 1 aromatic carbocycles. The maximum absolute atomic E-state index is 12.0. The molecule has 120 valence electrons. The van der Waals surface area contributed by atoms with Gasteiger partial charge < -0.3 is 10.2 Å². The van der Waals surface area contributed by atoms with Crippen LogP contribution in [0.25, 0.3) is 10.2 Å². The van der Waals surface area contributed by atoms with Gasteiger partial charge in [-0.15, -0.1) is 0 Å². The van der Waals surface area contributed by atoms with Gasteiger partial charge in [-0.2, -0.15) is 0 Å². The predicted octanol–water partition coefficient (Wildman–Crippen LogP) is 3.92. The molecule has 0 bridgehead atoms. The number of benzene rings is 1. The van der Waals surface area contributed by atoms with Crippen LogP contribution in [-0.2, 0) is 11.2 Å². The minimum Gasteiger partial charge on any atom is -0.306 e. The quantitative estimate of drug-likeness (QED) is 0.802. The number of nitrogens with one attached hydrogen (secondary N) is 1. The van der Waals surface area contributed by atoms with Gasteiger partial charge in [0.25, 0.3) is 0 Å². The van der Waals surface area contributed by atoms with Gasteiger partial charge >= 0.3 is 0 Å². The average molecular weight is 319 g/mol. The lowest BCUT2D eigenvalue weighted by molar-refractivity contribution is -0.116. The lowest BCUT2D eigenvalue weighted by atomic mass is 10.2. The SMILES string of the molecule is CCCCN(C)CCC(=O)Nc1nc2ccc(CC)cc2s1. The topological polar surface area (TPSA) is 45.2 Å². The first-order chi connectivity index (χ1) is 10.6. The summed E-state index contributed by atoms with van der Waals surface area (Å²) in [4.78, 5) is 18.7. The molecule has 0 aliphatic heterocycles. The number of aryl methyl sites for hydroxylation is 1. The number of unbranched alkanes of at least 4 members (excludes halogenated alkanes) is 1. The van der Waals surface area contributed by atoms with Gasteiger partial charge in [0.2, 0.25) is 5.91 Å². The Labute approximate surface area is 136 Å². The van der Waals surface area contributed by atoms with Gasteiger partial charge in [-0.1, -0.05) is 37.7 Å². The number of nitrogens with zero attached hydrogens (tertiary/aromatic N) is 2. The fourth-order valence-corrected chi connectivity index (χ4v) is 3.20. The largest absolute Gasteiger partial charge is 0.306 e. The van der Waals surface area contributed by atoms with Crippen LogP contribution in [0.2, 0.25) is 0 Å². The number of amides is 1. The van der Waals surface area contributed by atoms with Crippen LogP contribution in [0.5, 0.6) is 0 Å². The number of fused-ring (bicyclic) bond motifs is 1. The maximum Gasteiger partial charge on any atom is 0.227 e. The highest BCUT2D eigenvalue weighted by Crippen LogP contribution is 2.27. The molecule has 0 unspecified atom stereocenters. The zero-order chi connectivity index (χ0) is 15.9. The first-order valence-corrected chi connectivity index (χ1v) is 8.82. The fourth-order valence-electron chi connectivity index (χ4n) is 2.26. The van der Waals surface area contributed by atoms with Gasteiger partial charge in [-0.3, -0.25) is 4.79 Å². The molecule has 0 atom stereocenters. The summed E-state index contributed by atoms with van der Waals surface area (Å²) >= 11 is 1.55. The third kappa shape index (κ3) is 4.78. The van der Waals surface area contributed by atoms with Crippen molar-refractivity contribution in [3.05, 3.63) is 23.8 Å². The molecule has 0 aliphatic carbocycles. The van der Waals surface area contributed by atoms with Crippen molar-refractivity contribution in [3.63, 3.8) is 0 Å². The summed E-state index contributed by atoms with van der Waals surface area (Å²) in [5, 5.41) is 3.62. The summed E-state index contributed by atoms with van der Waals surface area (Å²) in [6, 6.07) is 6.27. The Morgan fingerprint density at radius 3 is 2.86 bits per heavy atom. The molecule has 4 nitrogen and oxygen atoms in total. The van der Waals surface area contributed by atoms with Gasteiger partial charge in [0, 0.05) is 13.0 Å². The van der Waals surface area contributed by atoms with Crippen LogP contribution in [0.1, 0.15) is 38.7 Å². The minimum absolute atomic E-state index is 0.0399. The van der Waals surface area contributed by atoms with Crippen LogP contribution >= 0.6 is 11.3 Å². The monoisotopic (exact) mass is 319 g/mol. The first-order valence-electron chi connectivity index (χ1n) is 8.00. The Balaban J connectivity index is 1.88. The Morgan fingerprint density at radius 2 is 2.14 bits per heavy atom. The molecule has 0 aliphatic rings. The van der Waals surface area contributed by atoms with Crippen LogP contribution < -0.4 is 5.32 Å². The van der Waals surface area contributed by atoms with E-state index < -0.39 is 0 Å².